The van der Waals surface area contributed by atoms with Crippen LogP contribution in [0.2, 0.25) is 0 Å². The molecule has 1 saturated heterocycles. The number of thiazole rings is 1. The third kappa shape index (κ3) is 5.55. The summed E-state index contributed by atoms with van der Waals surface area (Å²) in [5, 5.41) is 0. The number of nitrogen functional groups attached to an aromatic ring is 1. The number of nitrogens with zero attached hydrogens (tertiary/aromatic N) is 3. The first-order valence-electron chi connectivity index (χ1n) is 11.3. The summed E-state index contributed by atoms with van der Waals surface area (Å²) >= 11 is 0.939. The second-order valence-corrected chi connectivity index (χ2v) is 9.14. The number of carbonyl (C=O) groups is 2. The van der Waals surface area contributed by atoms with E-state index in [0.717, 1.165) is 16.9 Å². The Morgan fingerprint density at radius 2 is 1.94 bits per heavy atom. The van der Waals surface area contributed by atoms with Gasteiger partial charge in [0.15, 0.2) is 5.65 Å². The Morgan fingerprint density at radius 3 is 2.69 bits per heavy atom. The Labute approximate surface area is 210 Å². The first kappa shape index (κ1) is 25.3. The van der Waals surface area contributed by atoms with Gasteiger partial charge in [-0.1, -0.05) is 54.7 Å². The minimum atomic E-state index is -0.701. The van der Waals surface area contributed by atoms with Crippen LogP contribution in [-0.4, -0.2) is 53.4 Å². The van der Waals surface area contributed by atoms with Crippen LogP contribution in [0.4, 0.5) is 5.95 Å². The van der Waals surface area contributed by atoms with Gasteiger partial charge in [0, 0.05) is 18.3 Å². The second kappa shape index (κ2) is 11.8. The molecule has 0 bridgehead atoms. The van der Waals surface area contributed by atoms with Crippen molar-refractivity contribution in [3.05, 3.63) is 51.6 Å². The topological polar surface area (TPSA) is 145 Å². The molecule has 1 aliphatic heterocycles. The van der Waals surface area contributed by atoms with Crippen molar-refractivity contribution in [3.63, 3.8) is 0 Å². The highest BCUT2D eigenvalue weighted by Gasteiger charge is 2.44. The van der Waals surface area contributed by atoms with E-state index in [2.05, 4.69) is 9.97 Å². The summed E-state index contributed by atoms with van der Waals surface area (Å²) in [7, 11) is 0. The van der Waals surface area contributed by atoms with Crippen LogP contribution in [0.1, 0.15) is 25.1 Å². The number of rotatable bonds is 12. The van der Waals surface area contributed by atoms with E-state index in [1.165, 1.54) is 4.57 Å². The monoisotopic (exact) mass is 514 g/mol. The van der Waals surface area contributed by atoms with Gasteiger partial charge in [0.05, 0.1) is 19.3 Å². The largest absolute Gasteiger partial charge is 0.472 e. The zero-order valence-corrected chi connectivity index (χ0v) is 20.3. The molecule has 1 aromatic carbocycles. The van der Waals surface area contributed by atoms with Crippen molar-refractivity contribution in [1.82, 2.24) is 14.5 Å². The Morgan fingerprint density at radius 1 is 1.17 bits per heavy atom. The van der Waals surface area contributed by atoms with E-state index in [-0.39, 0.29) is 48.4 Å². The van der Waals surface area contributed by atoms with Gasteiger partial charge in [-0.05, 0) is 11.6 Å². The Hall–Kier alpha value is -3.77. The SMILES string of the molecule is C[C@@H]1[C@H](COC=O)[C@@H](CCOC=O)O[C@H]1n1c(=O)sc2c(OC/C=C/c3ccccc3)nc(N)nc21. The molecule has 0 radical (unpaired) electrons. The Bertz CT molecular complexity index is 1280. The van der Waals surface area contributed by atoms with Crippen LogP contribution in [0.5, 0.6) is 5.88 Å². The second-order valence-electron chi connectivity index (χ2n) is 8.18. The summed E-state index contributed by atoms with van der Waals surface area (Å²) in [6.07, 6.45) is 3.02. The average Bonchev–Trinajstić information content (AvgIpc) is 3.36. The van der Waals surface area contributed by atoms with Gasteiger partial charge in [-0.3, -0.25) is 19.0 Å². The van der Waals surface area contributed by atoms with Crippen molar-refractivity contribution in [1.29, 1.82) is 0 Å². The quantitative estimate of drug-likeness (QED) is 0.282. The van der Waals surface area contributed by atoms with Crippen LogP contribution < -0.4 is 15.3 Å². The number of carbonyl (C=O) groups excluding carboxylic acids is 2. The van der Waals surface area contributed by atoms with Gasteiger partial charge in [0.1, 0.15) is 17.5 Å². The molecule has 1 aliphatic rings. The molecule has 4 atom stereocenters. The maximum absolute atomic E-state index is 13.1. The molecule has 11 nitrogen and oxygen atoms in total. The lowest BCUT2D eigenvalue weighted by molar-refractivity contribution is -0.131. The zero-order valence-electron chi connectivity index (χ0n) is 19.5. The number of ether oxygens (including phenoxy) is 4. The summed E-state index contributed by atoms with van der Waals surface area (Å²) < 4.78 is 23.7. The maximum atomic E-state index is 13.1. The molecule has 3 aromatic rings. The van der Waals surface area contributed by atoms with E-state index in [1.807, 2.05) is 49.4 Å². The fourth-order valence-corrected chi connectivity index (χ4v) is 5.17. The van der Waals surface area contributed by atoms with Crippen molar-refractivity contribution in [3.8, 4) is 5.88 Å². The molecule has 0 amide bonds. The summed E-state index contributed by atoms with van der Waals surface area (Å²) in [5.41, 5.74) is 7.28. The molecule has 3 heterocycles. The summed E-state index contributed by atoms with van der Waals surface area (Å²) in [5.74, 6) is -0.289. The molecular weight excluding hydrogens is 488 g/mol. The Kier molecular flexibility index (Phi) is 8.28. The summed E-state index contributed by atoms with van der Waals surface area (Å²) in [6, 6.07) is 9.76. The lowest BCUT2D eigenvalue weighted by Gasteiger charge is -2.19. The summed E-state index contributed by atoms with van der Waals surface area (Å²) in [6.45, 7) is 3.08. The number of aromatic nitrogens is 3. The van der Waals surface area contributed by atoms with E-state index in [0.29, 0.717) is 29.7 Å². The first-order valence-corrected chi connectivity index (χ1v) is 12.1. The molecule has 36 heavy (non-hydrogen) atoms. The fraction of sp³-hybridized carbons (Fsp3) is 0.375. The van der Waals surface area contributed by atoms with Crippen LogP contribution >= 0.6 is 11.3 Å². The van der Waals surface area contributed by atoms with E-state index in [4.69, 9.17) is 24.7 Å². The number of hydrogen-bond acceptors (Lipinski definition) is 11. The van der Waals surface area contributed by atoms with E-state index < -0.39 is 12.3 Å². The van der Waals surface area contributed by atoms with Crippen LogP contribution in [0.15, 0.2) is 41.2 Å². The molecule has 1 fully saturated rings. The molecule has 4 rings (SSSR count). The minimum Gasteiger partial charge on any atom is -0.472 e. The molecule has 12 heteroatoms. The van der Waals surface area contributed by atoms with Gasteiger partial charge < -0.3 is 24.7 Å². The van der Waals surface area contributed by atoms with Gasteiger partial charge in [-0.15, -0.1) is 0 Å². The molecule has 0 unspecified atom stereocenters. The number of hydrogen-bond donors (Lipinski definition) is 1. The first-order chi connectivity index (χ1) is 17.5. The fourth-order valence-electron chi connectivity index (χ4n) is 4.28. The highest BCUT2D eigenvalue weighted by atomic mass is 32.1. The Balaban J connectivity index is 1.59. The van der Waals surface area contributed by atoms with Crippen molar-refractivity contribution < 1.29 is 28.5 Å². The molecular formula is C24H26N4O7S. The van der Waals surface area contributed by atoms with Crippen LogP contribution in [-0.2, 0) is 23.8 Å². The van der Waals surface area contributed by atoms with Gasteiger partial charge >= 0.3 is 4.87 Å². The van der Waals surface area contributed by atoms with Gasteiger partial charge in [-0.2, -0.15) is 9.97 Å². The molecule has 0 aliphatic carbocycles. The molecule has 2 N–H and O–H groups in total. The van der Waals surface area contributed by atoms with E-state index in [9.17, 15) is 14.4 Å². The molecule has 190 valence electrons. The van der Waals surface area contributed by atoms with E-state index in [1.54, 1.807) is 0 Å². The predicted octanol–water partition coefficient (Wildman–Crippen LogP) is 2.41. The smallest absolute Gasteiger partial charge is 0.311 e. The highest BCUT2D eigenvalue weighted by Crippen LogP contribution is 2.42. The van der Waals surface area contributed by atoms with E-state index >= 15 is 0 Å². The van der Waals surface area contributed by atoms with Crippen LogP contribution in [0.3, 0.4) is 0 Å². The predicted molar refractivity (Wildman–Crippen MR) is 132 cm³/mol. The third-order valence-electron chi connectivity index (χ3n) is 5.99. The van der Waals surface area contributed by atoms with Crippen molar-refractivity contribution in [2.24, 2.45) is 11.8 Å². The minimum absolute atomic E-state index is 0.0430. The van der Waals surface area contributed by atoms with Gasteiger partial charge in [0.25, 0.3) is 12.9 Å². The number of nitrogens with two attached hydrogens (primary N) is 1. The standard InChI is InChI=1S/C24H26N4O7S/c1-15-17(12-33-14-30)18(9-11-32-13-29)35-22(15)28-20-19(36-24(28)31)21(27-23(25)26-20)34-10-5-8-16-6-3-2-4-7-16/h2-8,13-15,17-18,22H,9-12H2,1H3,(H2,25,26,27)/b8-5+/t15-,17+,18-,22-/m1/s1. The average molecular weight is 515 g/mol. The normalized spacial score (nSPS) is 21.6. The van der Waals surface area contributed by atoms with Crippen LogP contribution in [0, 0.1) is 11.8 Å². The van der Waals surface area contributed by atoms with Crippen molar-refractivity contribution in [2.45, 2.75) is 25.7 Å². The zero-order chi connectivity index (χ0) is 25.5. The van der Waals surface area contributed by atoms with Crippen molar-refractivity contribution in [2.75, 3.05) is 25.6 Å². The number of fused-ring (bicyclic) bond motifs is 1. The van der Waals surface area contributed by atoms with Crippen LogP contribution in [0.25, 0.3) is 16.4 Å². The lowest BCUT2D eigenvalue weighted by atomic mass is 9.90. The molecule has 0 spiro atoms. The van der Waals surface area contributed by atoms with Gasteiger partial charge in [-0.25, -0.2) is 0 Å². The molecule has 0 saturated carbocycles. The molecule has 2 aromatic heterocycles. The van der Waals surface area contributed by atoms with Crippen molar-refractivity contribution >= 4 is 46.7 Å². The number of benzene rings is 1. The van der Waals surface area contributed by atoms with Gasteiger partial charge in [0.2, 0.25) is 11.8 Å². The lowest BCUT2D eigenvalue weighted by Crippen LogP contribution is -2.27. The highest BCUT2D eigenvalue weighted by molar-refractivity contribution is 7.16. The maximum Gasteiger partial charge on any atom is 0.311 e. The number of anilines is 1. The third-order valence-corrected chi connectivity index (χ3v) is 6.92. The summed E-state index contributed by atoms with van der Waals surface area (Å²) in [4.78, 5) is 42.6.